The lowest BCUT2D eigenvalue weighted by molar-refractivity contribution is -0.385. The highest BCUT2D eigenvalue weighted by Gasteiger charge is 2.30. The first kappa shape index (κ1) is 14.5. The van der Waals surface area contributed by atoms with Gasteiger partial charge in [0.2, 0.25) is 0 Å². The second kappa shape index (κ2) is 6.00. The number of piperidine rings is 1. The molecule has 0 aliphatic carbocycles. The van der Waals surface area contributed by atoms with Gasteiger partial charge >= 0.3 is 0 Å². The maximum Gasteiger partial charge on any atom is 0.282 e. The largest absolute Gasteiger partial charge is 0.393 e. The second-order valence-electron chi connectivity index (χ2n) is 5.17. The summed E-state index contributed by atoms with van der Waals surface area (Å²) in [6, 6.07) is 5.98. The third kappa shape index (κ3) is 2.96. The molecular formula is C14H18N2O4. The van der Waals surface area contributed by atoms with Crippen molar-refractivity contribution >= 4 is 11.6 Å². The van der Waals surface area contributed by atoms with E-state index < -0.39 is 11.0 Å². The van der Waals surface area contributed by atoms with E-state index in [-0.39, 0.29) is 23.1 Å². The summed E-state index contributed by atoms with van der Waals surface area (Å²) in [7, 11) is 0. The summed E-state index contributed by atoms with van der Waals surface area (Å²) in [6.07, 6.45) is 1.21. The van der Waals surface area contributed by atoms with E-state index >= 15 is 0 Å². The minimum Gasteiger partial charge on any atom is -0.393 e. The van der Waals surface area contributed by atoms with Crippen LogP contribution in [-0.4, -0.2) is 40.0 Å². The van der Waals surface area contributed by atoms with Gasteiger partial charge in [0.15, 0.2) is 0 Å². The number of nitrogens with zero attached hydrogens (tertiary/aromatic N) is 2. The van der Waals surface area contributed by atoms with Crippen LogP contribution in [0.4, 0.5) is 5.69 Å². The van der Waals surface area contributed by atoms with Gasteiger partial charge in [-0.3, -0.25) is 14.9 Å². The summed E-state index contributed by atoms with van der Waals surface area (Å²) in [5.74, 6) is -0.293. The van der Waals surface area contributed by atoms with Crippen LogP contribution in [0, 0.1) is 16.0 Å². The van der Waals surface area contributed by atoms with Crippen molar-refractivity contribution < 1.29 is 14.8 Å². The molecule has 0 bridgehead atoms. The summed E-state index contributed by atoms with van der Waals surface area (Å²) in [5.41, 5.74) is -0.0552. The minimum atomic E-state index is -0.538. The van der Waals surface area contributed by atoms with Crippen molar-refractivity contribution in [2.45, 2.75) is 25.9 Å². The molecule has 1 fully saturated rings. The zero-order valence-electron chi connectivity index (χ0n) is 11.4. The lowest BCUT2D eigenvalue weighted by Crippen LogP contribution is -2.43. The third-order valence-corrected chi connectivity index (χ3v) is 3.76. The quantitative estimate of drug-likeness (QED) is 0.675. The fourth-order valence-electron chi connectivity index (χ4n) is 2.57. The Kier molecular flexibility index (Phi) is 4.34. The Morgan fingerprint density at radius 3 is 2.85 bits per heavy atom. The van der Waals surface area contributed by atoms with Crippen LogP contribution < -0.4 is 0 Å². The zero-order chi connectivity index (χ0) is 14.7. The van der Waals surface area contributed by atoms with Crippen molar-refractivity contribution in [1.29, 1.82) is 0 Å². The highest BCUT2D eigenvalue weighted by atomic mass is 16.6. The van der Waals surface area contributed by atoms with Crippen molar-refractivity contribution in [2.75, 3.05) is 13.1 Å². The average molecular weight is 278 g/mol. The standard InChI is InChI=1S/C14H18N2O4/c1-10(17)11-5-4-8-15(9-11)14(18)12-6-2-3-7-13(12)16(19)20/h2-3,6-7,10-11,17H,4-5,8-9H2,1H3. The van der Waals surface area contributed by atoms with Gasteiger partial charge in [-0.05, 0) is 25.8 Å². The molecule has 1 saturated heterocycles. The molecule has 1 N–H and O–H groups in total. The normalized spacial score (nSPS) is 20.5. The van der Waals surface area contributed by atoms with Gasteiger partial charge in [0, 0.05) is 25.1 Å². The molecule has 1 amide bonds. The number of para-hydroxylation sites is 1. The number of rotatable bonds is 3. The Hall–Kier alpha value is -1.95. The molecule has 6 nitrogen and oxygen atoms in total. The predicted octanol–water partition coefficient (Wildman–Crippen LogP) is 1.83. The fraction of sp³-hybridized carbons (Fsp3) is 0.500. The Bertz CT molecular complexity index is 516. The molecule has 0 saturated carbocycles. The molecule has 2 unspecified atom stereocenters. The van der Waals surface area contributed by atoms with E-state index in [1.807, 2.05) is 0 Å². The van der Waals surface area contributed by atoms with Crippen LogP contribution in [-0.2, 0) is 0 Å². The number of benzene rings is 1. The van der Waals surface area contributed by atoms with Crippen LogP contribution >= 0.6 is 0 Å². The first-order valence-electron chi connectivity index (χ1n) is 6.71. The van der Waals surface area contributed by atoms with Crippen LogP contribution in [0.25, 0.3) is 0 Å². The Morgan fingerprint density at radius 1 is 1.50 bits per heavy atom. The number of nitro groups is 1. The van der Waals surface area contributed by atoms with Gasteiger partial charge < -0.3 is 10.0 Å². The number of likely N-dealkylation sites (tertiary alicyclic amines) is 1. The highest BCUT2D eigenvalue weighted by Crippen LogP contribution is 2.24. The van der Waals surface area contributed by atoms with Gasteiger partial charge in [0.1, 0.15) is 5.56 Å². The van der Waals surface area contributed by atoms with Gasteiger partial charge in [-0.1, -0.05) is 12.1 Å². The van der Waals surface area contributed by atoms with Crippen molar-refractivity contribution in [3.05, 3.63) is 39.9 Å². The van der Waals surface area contributed by atoms with Crippen LogP contribution in [0.15, 0.2) is 24.3 Å². The van der Waals surface area contributed by atoms with Gasteiger partial charge in [-0.15, -0.1) is 0 Å². The molecule has 6 heteroatoms. The smallest absolute Gasteiger partial charge is 0.282 e. The van der Waals surface area contributed by atoms with E-state index in [2.05, 4.69) is 0 Å². The lowest BCUT2D eigenvalue weighted by atomic mass is 9.93. The molecule has 1 aromatic carbocycles. The Labute approximate surface area is 117 Å². The summed E-state index contributed by atoms with van der Waals surface area (Å²) in [6.45, 7) is 2.74. The van der Waals surface area contributed by atoms with Crippen molar-refractivity contribution in [3.63, 3.8) is 0 Å². The Morgan fingerprint density at radius 2 is 2.20 bits per heavy atom. The highest BCUT2D eigenvalue weighted by molar-refractivity contribution is 5.98. The third-order valence-electron chi connectivity index (χ3n) is 3.76. The van der Waals surface area contributed by atoms with Gasteiger partial charge in [-0.2, -0.15) is 0 Å². The van der Waals surface area contributed by atoms with Crippen molar-refractivity contribution in [1.82, 2.24) is 4.90 Å². The molecule has 0 spiro atoms. The van der Waals surface area contributed by atoms with Crippen molar-refractivity contribution in [3.8, 4) is 0 Å². The molecule has 108 valence electrons. The average Bonchev–Trinajstić information content (AvgIpc) is 2.46. The molecule has 1 heterocycles. The number of hydrogen-bond acceptors (Lipinski definition) is 4. The van der Waals surface area contributed by atoms with E-state index in [4.69, 9.17) is 0 Å². The van der Waals surface area contributed by atoms with Crippen LogP contribution in [0.3, 0.4) is 0 Å². The Balaban J connectivity index is 2.21. The molecule has 0 aromatic heterocycles. The maximum atomic E-state index is 12.4. The molecule has 20 heavy (non-hydrogen) atoms. The van der Waals surface area contributed by atoms with Crippen LogP contribution in [0.1, 0.15) is 30.1 Å². The van der Waals surface area contributed by atoms with Crippen LogP contribution in [0.5, 0.6) is 0 Å². The van der Waals surface area contributed by atoms with Crippen molar-refractivity contribution in [2.24, 2.45) is 5.92 Å². The zero-order valence-corrected chi connectivity index (χ0v) is 11.4. The first-order chi connectivity index (χ1) is 9.50. The van der Waals surface area contributed by atoms with E-state index in [1.54, 1.807) is 24.0 Å². The van der Waals surface area contributed by atoms with Gasteiger partial charge in [-0.25, -0.2) is 0 Å². The fourth-order valence-corrected chi connectivity index (χ4v) is 2.57. The number of hydrogen-bond donors (Lipinski definition) is 1. The number of nitro benzene ring substituents is 1. The lowest BCUT2D eigenvalue weighted by Gasteiger charge is -2.34. The molecule has 1 aromatic rings. The van der Waals surface area contributed by atoms with E-state index in [0.29, 0.717) is 13.1 Å². The number of carbonyl (C=O) groups excluding carboxylic acids is 1. The van der Waals surface area contributed by atoms with E-state index in [1.165, 1.54) is 12.1 Å². The predicted molar refractivity (Wildman–Crippen MR) is 73.4 cm³/mol. The SMILES string of the molecule is CC(O)C1CCCN(C(=O)c2ccccc2[N+](=O)[O-])C1. The number of aliphatic hydroxyl groups excluding tert-OH is 1. The number of amides is 1. The number of carbonyl (C=O) groups is 1. The maximum absolute atomic E-state index is 12.4. The molecule has 1 aliphatic heterocycles. The summed E-state index contributed by atoms with van der Waals surface area (Å²) >= 11 is 0. The molecule has 0 radical (unpaired) electrons. The van der Waals surface area contributed by atoms with E-state index in [0.717, 1.165) is 12.8 Å². The molecule has 1 aliphatic rings. The molecule has 2 rings (SSSR count). The first-order valence-corrected chi connectivity index (χ1v) is 6.71. The molecular weight excluding hydrogens is 260 g/mol. The van der Waals surface area contributed by atoms with Crippen LogP contribution in [0.2, 0.25) is 0 Å². The van der Waals surface area contributed by atoms with Gasteiger partial charge in [0.05, 0.1) is 11.0 Å². The summed E-state index contributed by atoms with van der Waals surface area (Å²) in [4.78, 5) is 24.5. The monoisotopic (exact) mass is 278 g/mol. The summed E-state index contributed by atoms with van der Waals surface area (Å²) < 4.78 is 0. The number of aliphatic hydroxyl groups is 1. The topological polar surface area (TPSA) is 83.7 Å². The van der Waals surface area contributed by atoms with Gasteiger partial charge in [0.25, 0.3) is 11.6 Å². The van der Waals surface area contributed by atoms with E-state index in [9.17, 15) is 20.0 Å². The summed E-state index contributed by atoms with van der Waals surface area (Å²) in [5, 5.41) is 20.6. The molecule has 2 atom stereocenters. The second-order valence-corrected chi connectivity index (χ2v) is 5.17. The minimum absolute atomic E-state index is 0.0375.